The molecule has 1 aromatic carbocycles. The molecule has 0 amide bonds. The minimum absolute atomic E-state index is 0.167. The number of hydroxylamine groups is 1. The Labute approximate surface area is 83.0 Å². The van der Waals surface area contributed by atoms with E-state index >= 15 is 0 Å². The van der Waals surface area contributed by atoms with Crippen LogP contribution in [0.15, 0.2) is 24.3 Å². The molecule has 0 aromatic heterocycles. The Kier molecular flexibility index (Phi) is 2.79. The highest BCUT2D eigenvalue weighted by atomic mass is 19.1. The lowest BCUT2D eigenvalue weighted by atomic mass is 9.76. The molecule has 0 unspecified atom stereocenters. The van der Waals surface area contributed by atoms with Gasteiger partial charge in [-0.3, -0.25) is 0 Å². The molecule has 0 bridgehead atoms. The van der Waals surface area contributed by atoms with Gasteiger partial charge in [-0.1, -0.05) is 12.1 Å². The minimum atomic E-state index is -0.167. The van der Waals surface area contributed by atoms with E-state index in [1.807, 2.05) is 12.1 Å². The quantitative estimate of drug-likeness (QED) is 0.747. The Bertz CT molecular complexity index is 293. The van der Waals surface area contributed by atoms with Gasteiger partial charge in [0.25, 0.3) is 0 Å². The van der Waals surface area contributed by atoms with Gasteiger partial charge in [-0.05, 0) is 36.5 Å². The van der Waals surface area contributed by atoms with E-state index in [-0.39, 0.29) is 5.82 Å². The number of hydrogen-bond acceptors (Lipinski definition) is 2. The van der Waals surface area contributed by atoms with Crippen LogP contribution >= 0.6 is 0 Å². The Hall–Kier alpha value is -0.930. The molecule has 1 saturated carbocycles. The molecule has 1 N–H and O–H groups in total. The molecule has 0 aliphatic heterocycles. The maximum absolute atomic E-state index is 12.6. The fourth-order valence-electron chi connectivity index (χ4n) is 1.89. The van der Waals surface area contributed by atoms with E-state index in [4.69, 9.17) is 4.84 Å². The van der Waals surface area contributed by atoms with Crippen LogP contribution in [0.5, 0.6) is 0 Å². The van der Waals surface area contributed by atoms with Crippen LogP contribution in [0, 0.1) is 5.82 Å². The molecule has 1 aliphatic carbocycles. The Balaban J connectivity index is 1.90. The van der Waals surface area contributed by atoms with Gasteiger partial charge in [0.1, 0.15) is 5.82 Å². The molecule has 76 valence electrons. The molecule has 0 spiro atoms. The molecule has 1 aliphatic rings. The number of hydrogen-bond donors (Lipinski definition) is 1. The maximum atomic E-state index is 12.6. The lowest BCUT2D eigenvalue weighted by Gasteiger charge is -2.35. The van der Waals surface area contributed by atoms with Gasteiger partial charge in [0.2, 0.25) is 0 Å². The van der Waals surface area contributed by atoms with Crippen LogP contribution in [0.3, 0.4) is 0 Å². The largest absolute Gasteiger partial charge is 0.305 e. The lowest BCUT2D eigenvalue weighted by molar-refractivity contribution is 0.0285. The summed E-state index contributed by atoms with van der Waals surface area (Å²) < 4.78 is 12.6. The third-order valence-electron chi connectivity index (χ3n) is 2.76. The lowest BCUT2D eigenvalue weighted by Crippen LogP contribution is -2.39. The normalized spacial score (nSPS) is 25.9. The number of nitrogens with one attached hydrogen (secondary N) is 1. The third-order valence-corrected chi connectivity index (χ3v) is 2.76. The molecule has 0 atom stereocenters. The first-order valence-electron chi connectivity index (χ1n) is 4.83. The Morgan fingerprint density at radius 2 is 1.93 bits per heavy atom. The van der Waals surface area contributed by atoms with E-state index in [0.29, 0.717) is 12.0 Å². The van der Waals surface area contributed by atoms with Crippen LogP contribution in [0.1, 0.15) is 24.3 Å². The summed E-state index contributed by atoms with van der Waals surface area (Å²) in [5.74, 6) is 0.392. The van der Waals surface area contributed by atoms with E-state index in [2.05, 4.69) is 5.48 Å². The third kappa shape index (κ3) is 1.94. The maximum Gasteiger partial charge on any atom is 0.123 e. The molecule has 0 heterocycles. The standard InChI is InChI=1S/C11H14FNO/c1-14-13-11-6-9(7-11)8-2-4-10(12)5-3-8/h2-5,9,11,13H,6-7H2,1H3. The van der Waals surface area contributed by atoms with Crippen molar-refractivity contribution in [1.29, 1.82) is 0 Å². The molecular formula is C11H14FNO. The van der Waals surface area contributed by atoms with E-state index in [0.717, 1.165) is 12.8 Å². The van der Waals surface area contributed by atoms with Crippen molar-refractivity contribution in [3.05, 3.63) is 35.6 Å². The fourth-order valence-corrected chi connectivity index (χ4v) is 1.89. The highest BCUT2D eigenvalue weighted by molar-refractivity contribution is 5.23. The van der Waals surface area contributed by atoms with Gasteiger partial charge >= 0.3 is 0 Å². The predicted molar refractivity (Wildman–Crippen MR) is 52.3 cm³/mol. The summed E-state index contributed by atoms with van der Waals surface area (Å²) in [5, 5.41) is 0. The monoisotopic (exact) mass is 195 g/mol. The van der Waals surface area contributed by atoms with Crippen molar-refractivity contribution in [1.82, 2.24) is 5.48 Å². The second kappa shape index (κ2) is 4.07. The van der Waals surface area contributed by atoms with Crippen molar-refractivity contribution in [2.24, 2.45) is 0 Å². The summed E-state index contributed by atoms with van der Waals surface area (Å²) >= 11 is 0. The molecule has 3 heteroatoms. The van der Waals surface area contributed by atoms with Crippen LogP contribution in [-0.2, 0) is 4.84 Å². The van der Waals surface area contributed by atoms with Gasteiger partial charge in [0.15, 0.2) is 0 Å². The average Bonchev–Trinajstić information content (AvgIpc) is 2.13. The summed E-state index contributed by atoms with van der Waals surface area (Å²) in [7, 11) is 1.63. The summed E-state index contributed by atoms with van der Waals surface area (Å²) in [6.45, 7) is 0. The number of rotatable bonds is 3. The Morgan fingerprint density at radius 1 is 1.29 bits per heavy atom. The van der Waals surface area contributed by atoms with Crippen molar-refractivity contribution >= 4 is 0 Å². The van der Waals surface area contributed by atoms with Gasteiger partial charge in [-0.25, -0.2) is 4.39 Å². The van der Waals surface area contributed by atoms with E-state index in [1.54, 1.807) is 7.11 Å². The van der Waals surface area contributed by atoms with Crippen LogP contribution in [0.2, 0.25) is 0 Å². The molecule has 1 aromatic rings. The van der Waals surface area contributed by atoms with Crippen molar-refractivity contribution < 1.29 is 9.23 Å². The summed E-state index contributed by atoms with van der Waals surface area (Å²) in [4.78, 5) is 4.84. The minimum Gasteiger partial charge on any atom is -0.305 e. The molecule has 0 saturated heterocycles. The van der Waals surface area contributed by atoms with E-state index in [9.17, 15) is 4.39 Å². The predicted octanol–water partition coefficient (Wildman–Crippen LogP) is 2.22. The van der Waals surface area contributed by atoms with Crippen molar-refractivity contribution in [3.63, 3.8) is 0 Å². The summed E-state index contributed by atoms with van der Waals surface area (Å²) in [5.41, 5.74) is 4.14. The van der Waals surface area contributed by atoms with E-state index < -0.39 is 0 Å². The van der Waals surface area contributed by atoms with Gasteiger partial charge in [-0.15, -0.1) is 0 Å². The molecule has 1 fully saturated rings. The highest BCUT2D eigenvalue weighted by Gasteiger charge is 2.29. The number of halogens is 1. The zero-order valence-corrected chi connectivity index (χ0v) is 8.16. The van der Waals surface area contributed by atoms with Gasteiger partial charge in [-0.2, -0.15) is 5.48 Å². The fraction of sp³-hybridized carbons (Fsp3) is 0.455. The average molecular weight is 195 g/mol. The topological polar surface area (TPSA) is 21.3 Å². The first-order chi connectivity index (χ1) is 6.79. The van der Waals surface area contributed by atoms with Gasteiger partial charge in [0.05, 0.1) is 7.11 Å². The van der Waals surface area contributed by atoms with Crippen molar-refractivity contribution in [2.75, 3.05) is 7.11 Å². The molecule has 2 nitrogen and oxygen atoms in total. The van der Waals surface area contributed by atoms with E-state index in [1.165, 1.54) is 17.7 Å². The van der Waals surface area contributed by atoms with Crippen LogP contribution in [-0.4, -0.2) is 13.2 Å². The van der Waals surface area contributed by atoms with Crippen LogP contribution in [0.4, 0.5) is 4.39 Å². The highest BCUT2D eigenvalue weighted by Crippen LogP contribution is 2.36. The number of benzene rings is 1. The smallest absolute Gasteiger partial charge is 0.123 e. The van der Waals surface area contributed by atoms with Gasteiger partial charge in [0, 0.05) is 6.04 Å². The van der Waals surface area contributed by atoms with Gasteiger partial charge < -0.3 is 4.84 Å². The first-order valence-corrected chi connectivity index (χ1v) is 4.83. The zero-order valence-electron chi connectivity index (χ0n) is 8.16. The second-order valence-electron chi connectivity index (χ2n) is 3.74. The Morgan fingerprint density at radius 3 is 2.50 bits per heavy atom. The van der Waals surface area contributed by atoms with Crippen molar-refractivity contribution in [2.45, 2.75) is 24.8 Å². The van der Waals surface area contributed by atoms with Crippen LogP contribution in [0.25, 0.3) is 0 Å². The molecule has 0 radical (unpaired) electrons. The SMILES string of the molecule is CONC1CC(c2ccc(F)cc2)C1. The first kappa shape index (κ1) is 9.62. The zero-order chi connectivity index (χ0) is 9.97. The summed E-state index contributed by atoms with van der Waals surface area (Å²) in [6.07, 6.45) is 2.14. The summed E-state index contributed by atoms with van der Waals surface area (Å²) in [6, 6.07) is 7.22. The van der Waals surface area contributed by atoms with Crippen molar-refractivity contribution in [3.8, 4) is 0 Å². The molecule has 2 rings (SSSR count). The second-order valence-corrected chi connectivity index (χ2v) is 3.74. The molecular weight excluding hydrogens is 181 g/mol. The van der Waals surface area contributed by atoms with Crippen LogP contribution < -0.4 is 5.48 Å². The molecule has 14 heavy (non-hydrogen) atoms.